The molecule has 1 N–H and O–H groups in total. The molecule has 0 atom stereocenters. The van der Waals surface area contributed by atoms with Crippen molar-refractivity contribution in [3.8, 4) is 11.6 Å². The van der Waals surface area contributed by atoms with E-state index in [2.05, 4.69) is 24.1 Å². The first-order valence-electron chi connectivity index (χ1n) is 6.75. The quantitative estimate of drug-likeness (QED) is 0.888. The summed E-state index contributed by atoms with van der Waals surface area (Å²) < 4.78 is 1.97. The van der Waals surface area contributed by atoms with Gasteiger partial charge < -0.3 is 9.88 Å². The fourth-order valence-corrected chi connectivity index (χ4v) is 2.53. The number of aromatic nitrogens is 4. The smallest absolute Gasteiger partial charge is 0.196 e. The van der Waals surface area contributed by atoms with Crippen LogP contribution in [0.4, 0.5) is 0 Å². The zero-order chi connectivity index (χ0) is 13.4. The Labute approximate surface area is 113 Å². The monoisotopic (exact) mass is 257 g/mol. The standard InChI is InChI=1S/C14H19N5/c1-9(2)12-10-8-15-5-4-11(10)17-13(18-12)14-16-6-7-19(14)3/h6-7,9,15H,4-5,8H2,1-3H3. The molecule has 2 aromatic heterocycles. The summed E-state index contributed by atoms with van der Waals surface area (Å²) in [6, 6.07) is 0. The van der Waals surface area contributed by atoms with Crippen molar-refractivity contribution in [3.05, 3.63) is 29.3 Å². The van der Waals surface area contributed by atoms with Gasteiger partial charge in [-0.3, -0.25) is 0 Å². The number of rotatable bonds is 2. The molecule has 3 rings (SSSR count). The second kappa shape index (κ2) is 4.74. The first kappa shape index (κ1) is 12.3. The van der Waals surface area contributed by atoms with Gasteiger partial charge in [0.25, 0.3) is 0 Å². The first-order chi connectivity index (χ1) is 9.16. The van der Waals surface area contributed by atoms with E-state index in [0.29, 0.717) is 5.92 Å². The molecule has 5 nitrogen and oxygen atoms in total. The van der Waals surface area contributed by atoms with Crippen molar-refractivity contribution in [2.24, 2.45) is 7.05 Å². The second-order valence-electron chi connectivity index (χ2n) is 5.30. The molecule has 0 spiro atoms. The summed E-state index contributed by atoms with van der Waals surface area (Å²) in [5.74, 6) is 1.98. The molecular weight excluding hydrogens is 238 g/mol. The van der Waals surface area contributed by atoms with E-state index in [9.17, 15) is 0 Å². The Kier molecular flexibility index (Phi) is 3.06. The zero-order valence-corrected chi connectivity index (χ0v) is 11.6. The van der Waals surface area contributed by atoms with Gasteiger partial charge in [-0.05, 0) is 5.92 Å². The maximum absolute atomic E-state index is 4.75. The molecule has 0 bridgehead atoms. The molecule has 5 heteroatoms. The summed E-state index contributed by atoms with van der Waals surface area (Å²) in [6.07, 6.45) is 4.68. The molecule has 0 saturated carbocycles. The van der Waals surface area contributed by atoms with Gasteiger partial charge in [-0.25, -0.2) is 15.0 Å². The third kappa shape index (κ3) is 2.14. The van der Waals surface area contributed by atoms with E-state index in [4.69, 9.17) is 9.97 Å². The largest absolute Gasteiger partial charge is 0.331 e. The van der Waals surface area contributed by atoms with Crippen LogP contribution in [0.5, 0.6) is 0 Å². The third-order valence-electron chi connectivity index (χ3n) is 3.53. The molecule has 1 aliphatic rings. The number of nitrogens with one attached hydrogen (secondary N) is 1. The molecule has 19 heavy (non-hydrogen) atoms. The van der Waals surface area contributed by atoms with Crippen LogP contribution in [0.2, 0.25) is 0 Å². The average Bonchev–Trinajstić information content (AvgIpc) is 2.83. The van der Waals surface area contributed by atoms with E-state index in [1.54, 1.807) is 6.20 Å². The Morgan fingerprint density at radius 3 is 2.84 bits per heavy atom. The van der Waals surface area contributed by atoms with E-state index in [1.807, 2.05) is 17.8 Å². The van der Waals surface area contributed by atoms with Crippen LogP contribution in [0, 0.1) is 0 Å². The van der Waals surface area contributed by atoms with Crippen LogP contribution in [-0.4, -0.2) is 26.1 Å². The summed E-state index contributed by atoms with van der Waals surface area (Å²) in [7, 11) is 1.97. The normalized spacial score (nSPS) is 14.7. The highest BCUT2D eigenvalue weighted by molar-refractivity contribution is 5.47. The predicted molar refractivity (Wildman–Crippen MR) is 73.7 cm³/mol. The van der Waals surface area contributed by atoms with Crippen LogP contribution < -0.4 is 5.32 Å². The zero-order valence-electron chi connectivity index (χ0n) is 11.6. The van der Waals surface area contributed by atoms with Gasteiger partial charge in [-0.2, -0.15) is 0 Å². The van der Waals surface area contributed by atoms with Crippen molar-refractivity contribution in [2.45, 2.75) is 32.7 Å². The lowest BCUT2D eigenvalue weighted by Crippen LogP contribution is -2.27. The lowest BCUT2D eigenvalue weighted by Gasteiger charge is -2.21. The molecule has 0 fully saturated rings. The highest BCUT2D eigenvalue weighted by Crippen LogP contribution is 2.25. The number of nitrogens with zero attached hydrogens (tertiary/aromatic N) is 4. The van der Waals surface area contributed by atoms with E-state index in [1.165, 1.54) is 11.3 Å². The van der Waals surface area contributed by atoms with Crippen molar-refractivity contribution in [1.82, 2.24) is 24.8 Å². The number of fused-ring (bicyclic) bond motifs is 1. The number of hydrogen-bond acceptors (Lipinski definition) is 4. The van der Waals surface area contributed by atoms with Gasteiger partial charge >= 0.3 is 0 Å². The van der Waals surface area contributed by atoms with Gasteiger partial charge in [0.1, 0.15) is 0 Å². The van der Waals surface area contributed by atoms with Gasteiger partial charge in [0.2, 0.25) is 0 Å². The lowest BCUT2D eigenvalue weighted by molar-refractivity contribution is 0.608. The molecule has 0 unspecified atom stereocenters. The van der Waals surface area contributed by atoms with Crippen LogP contribution in [0.15, 0.2) is 12.4 Å². The fourth-order valence-electron chi connectivity index (χ4n) is 2.53. The topological polar surface area (TPSA) is 55.6 Å². The lowest BCUT2D eigenvalue weighted by atomic mass is 9.98. The molecule has 1 aliphatic heterocycles. The third-order valence-corrected chi connectivity index (χ3v) is 3.53. The van der Waals surface area contributed by atoms with E-state index in [-0.39, 0.29) is 0 Å². The van der Waals surface area contributed by atoms with Gasteiger partial charge in [0, 0.05) is 44.5 Å². The summed E-state index contributed by atoms with van der Waals surface area (Å²) in [4.78, 5) is 13.8. The van der Waals surface area contributed by atoms with Crippen molar-refractivity contribution in [1.29, 1.82) is 0 Å². The minimum Gasteiger partial charge on any atom is -0.331 e. The minimum absolute atomic E-state index is 0.399. The molecule has 0 amide bonds. The summed E-state index contributed by atoms with van der Waals surface area (Å²) in [5, 5.41) is 3.40. The van der Waals surface area contributed by atoms with Crippen molar-refractivity contribution < 1.29 is 0 Å². The van der Waals surface area contributed by atoms with Crippen molar-refractivity contribution in [2.75, 3.05) is 6.54 Å². The van der Waals surface area contributed by atoms with Crippen LogP contribution in [-0.2, 0) is 20.0 Å². The molecule has 0 aromatic carbocycles. The van der Waals surface area contributed by atoms with Gasteiger partial charge in [0.15, 0.2) is 11.6 Å². The predicted octanol–water partition coefficient (Wildman–Crippen LogP) is 1.65. The molecular formula is C14H19N5. The van der Waals surface area contributed by atoms with Crippen LogP contribution in [0.1, 0.15) is 36.7 Å². The van der Waals surface area contributed by atoms with Crippen LogP contribution in [0.3, 0.4) is 0 Å². The SMILES string of the molecule is CC(C)c1nc(-c2nccn2C)nc2c1CNCC2. The van der Waals surface area contributed by atoms with Crippen LogP contribution in [0.25, 0.3) is 11.6 Å². The van der Waals surface area contributed by atoms with E-state index >= 15 is 0 Å². The second-order valence-corrected chi connectivity index (χ2v) is 5.30. The summed E-state index contributed by atoms with van der Waals surface area (Å²) in [5.41, 5.74) is 3.60. The summed E-state index contributed by atoms with van der Waals surface area (Å²) in [6.45, 7) is 6.23. The molecule has 2 aromatic rings. The Morgan fingerprint density at radius 1 is 1.32 bits per heavy atom. The van der Waals surface area contributed by atoms with Gasteiger partial charge in [0.05, 0.1) is 11.4 Å². The van der Waals surface area contributed by atoms with Gasteiger partial charge in [-0.1, -0.05) is 13.8 Å². The molecule has 0 aliphatic carbocycles. The summed E-state index contributed by atoms with van der Waals surface area (Å²) >= 11 is 0. The van der Waals surface area contributed by atoms with Gasteiger partial charge in [-0.15, -0.1) is 0 Å². The fraction of sp³-hybridized carbons (Fsp3) is 0.500. The van der Waals surface area contributed by atoms with E-state index < -0.39 is 0 Å². The molecule has 3 heterocycles. The number of hydrogen-bond donors (Lipinski definition) is 1. The maximum Gasteiger partial charge on any atom is 0.196 e. The van der Waals surface area contributed by atoms with E-state index in [0.717, 1.165) is 36.9 Å². The highest BCUT2D eigenvalue weighted by Gasteiger charge is 2.20. The van der Waals surface area contributed by atoms with Crippen molar-refractivity contribution >= 4 is 0 Å². The Balaban J connectivity index is 2.17. The Bertz CT molecular complexity index is 600. The van der Waals surface area contributed by atoms with Crippen LogP contribution >= 0.6 is 0 Å². The first-order valence-corrected chi connectivity index (χ1v) is 6.75. The Hall–Kier alpha value is -1.75. The number of imidazole rings is 1. The molecule has 0 saturated heterocycles. The highest BCUT2D eigenvalue weighted by atomic mass is 15.1. The van der Waals surface area contributed by atoms with Crippen molar-refractivity contribution in [3.63, 3.8) is 0 Å². The Morgan fingerprint density at radius 2 is 2.16 bits per heavy atom. The average molecular weight is 257 g/mol. The maximum atomic E-state index is 4.75. The number of aryl methyl sites for hydroxylation is 1. The molecule has 0 radical (unpaired) electrons. The minimum atomic E-state index is 0.399. The molecule has 100 valence electrons.